The van der Waals surface area contributed by atoms with E-state index in [1.54, 1.807) is 6.92 Å². The molecule has 0 aromatic heterocycles. The van der Waals surface area contributed by atoms with Crippen LogP contribution < -0.4 is 0 Å². The van der Waals surface area contributed by atoms with Gasteiger partial charge in [-0.1, -0.05) is 6.08 Å². The maximum absolute atomic E-state index is 10.3. The van der Waals surface area contributed by atoms with Gasteiger partial charge in [0.05, 0.1) is 7.05 Å². The highest BCUT2D eigenvalue weighted by Gasteiger charge is 1.95. The molecule has 0 aliphatic heterocycles. The molecule has 0 bridgehead atoms. The summed E-state index contributed by atoms with van der Waals surface area (Å²) in [6, 6.07) is 0. The molecule has 0 heterocycles. The van der Waals surface area contributed by atoms with E-state index in [1.807, 2.05) is 0 Å². The smallest absolute Gasteiger partial charge is 0.269 e. The molecule has 1 amide bonds. The summed E-state index contributed by atoms with van der Waals surface area (Å²) in [7, 11) is 2.95. The Morgan fingerprint density at radius 2 is 2.38 bits per heavy atom. The van der Waals surface area contributed by atoms with Crippen LogP contribution in [0.4, 0.5) is 0 Å². The monoisotopic (exact) mass is 114 g/mol. The van der Waals surface area contributed by atoms with Crippen molar-refractivity contribution < 1.29 is 10.0 Å². The Hall–Kier alpha value is -0.830. The predicted molar refractivity (Wildman–Crippen MR) is 28.8 cm³/mol. The van der Waals surface area contributed by atoms with E-state index in [-0.39, 0.29) is 5.06 Å². The molecule has 1 N–H and O–H groups in total. The molecule has 0 aromatic rings. The van der Waals surface area contributed by atoms with Crippen LogP contribution in [0.3, 0.4) is 0 Å². The summed E-state index contributed by atoms with van der Waals surface area (Å²) in [6.07, 6.45) is 2.74. The number of amides is 1. The molecule has 0 atom stereocenters. The fourth-order valence-electron chi connectivity index (χ4n) is 0.229. The molecule has 8 heavy (non-hydrogen) atoms. The van der Waals surface area contributed by atoms with E-state index in [0.29, 0.717) is 0 Å². The largest absolute Gasteiger partial charge is 0.286 e. The van der Waals surface area contributed by atoms with Crippen LogP contribution in [-0.2, 0) is 4.79 Å². The minimum Gasteiger partial charge on any atom is -0.286 e. The van der Waals surface area contributed by atoms with Crippen molar-refractivity contribution in [2.45, 2.75) is 6.92 Å². The Kier molecular flexibility index (Phi) is 2.88. The topological polar surface area (TPSA) is 40.5 Å². The summed E-state index contributed by atoms with van der Waals surface area (Å²) in [4.78, 5) is 10.3. The van der Waals surface area contributed by atoms with E-state index in [1.165, 1.54) is 12.2 Å². The van der Waals surface area contributed by atoms with E-state index in [9.17, 15) is 4.79 Å². The zero-order chi connectivity index (χ0) is 6.57. The fraction of sp³-hybridized carbons (Fsp3) is 0.200. The highest BCUT2D eigenvalue weighted by Crippen LogP contribution is 1.80. The first-order valence-corrected chi connectivity index (χ1v) is 2.14. The van der Waals surface area contributed by atoms with Gasteiger partial charge < -0.3 is 0 Å². The second-order valence-electron chi connectivity index (χ2n) is 1.24. The molecule has 45 valence electrons. The molecule has 0 aromatic carbocycles. The molecule has 0 spiro atoms. The molecule has 0 saturated carbocycles. The second-order valence-corrected chi connectivity index (χ2v) is 1.24. The minimum atomic E-state index is -0.521. The Morgan fingerprint density at radius 1 is 1.88 bits per heavy atom. The van der Waals surface area contributed by atoms with Crippen LogP contribution in [0.15, 0.2) is 12.2 Å². The average Bonchev–Trinajstić information content (AvgIpc) is 1.67. The number of carbonyl (C=O) groups excluding carboxylic acids is 1. The standard InChI is InChI=1S/C5H8NO2/c1-3-4-5(7)6(2)8/h3-4,8H,2H2,1H3/b4-3+. The van der Waals surface area contributed by atoms with Crippen LogP contribution in [0, 0.1) is 7.05 Å². The SMILES string of the molecule is [CH2]N(O)C(=O)/C=C/C. The molecule has 1 radical (unpaired) electrons. The van der Waals surface area contributed by atoms with Gasteiger partial charge in [0.25, 0.3) is 5.91 Å². The van der Waals surface area contributed by atoms with E-state index in [2.05, 4.69) is 7.05 Å². The lowest BCUT2D eigenvalue weighted by Gasteiger charge is -2.00. The van der Waals surface area contributed by atoms with Crippen LogP contribution in [0.1, 0.15) is 6.92 Å². The van der Waals surface area contributed by atoms with Gasteiger partial charge in [-0.3, -0.25) is 10.0 Å². The first-order chi connectivity index (χ1) is 3.68. The molecule has 3 heteroatoms. The van der Waals surface area contributed by atoms with E-state index < -0.39 is 5.91 Å². The molecule has 0 aliphatic carbocycles. The molecule has 0 fully saturated rings. The van der Waals surface area contributed by atoms with E-state index in [4.69, 9.17) is 5.21 Å². The minimum absolute atomic E-state index is 0.278. The van der Waals surface area contributed by atoms with Crippen molar-refractivity contribution in [1.82, 2.24) is 5.06 Å². The summed E-state index contributed by atoms with van der Waals surface area (Å²) in [5, 5.41) is 8.55. The van der Waals surface area contributed by atoms with Crippen molar-refractivity contribution in [3.63, 3.8) is 0 Å². The first kappa shape index (κ1) is 7.17. The van der Waals surface area contributed by atoms with Crippen molar-refractivity contribution in [3.05, 3.63) is 19.2 Å². The molecule has 0 aliphatic rings. The maximum Gasteiger partial charge on any atom is 0.269 e. The van der Waals surface area contributed by atoms with Crippen molar-refractivity contribution >= 4 is 5.91 Å². The zero-order valence-corrected chi connectivity index (χ0v) is 4.66. The summed E-state index contributed by atoms with van der Waals surface area (Å²) >= 11 is 0. The third kappa shape index (κ3) is 2.36. The highest BCUT2D eigenvalue weighted by molar-refractivity contribution is 5.86. The number of hydrogen-bond donors (Lipinski definition) is 1. The quantitative estimate of drug-likeness (QED) is 0.307. The molecule has 0 rings (SSSR count). The lowest BCUT2D eigenvalue weighted by atomic mass is 10.5. The van der Waals surface area contributed by atoms with E-state index >= 15 is 0 Å². The number of nitrogens with zero attached hydrogens (tertiary/aromatic N) is 1. The summed E-state index contributed by atoms with van der Waals surface area (Å²) in [5.41, 5.74) is 0. The van der Waals surface area contributed by atoms with Gasteiger partial charge in [0.2, 0.25) is 0 Å². The van der Waals surface area contributed by atoms with Crippen molar-refractivity contribution in [1.29, 1.82) is 0 Å². The van der Waals surface area contributed by atoms with Crippen molar-refractivity contribution in [3.8, 4) is 0 Å². The summed E-state index contributed by atoms with van der Waals surface area (Å²) in [5.74, 6) is -0.521. The van der Waals surface area contributed by atoms with Crippen molar-refractivity contribution in [2.75, 3.05) is 0 Å². The Labute approximate surface area is 48.2 Å². The predicted octanol–water partition coefficient (Wildman–Crippen LogP) is 0.572. The molecule has 0 saturated heterocycles. The highest BCUT2D eigenvalue weighted by atomic mass is 16.5. The molecule has 3 nitrogen and oxygen atoms in total. The van der Waals surface area contributed by atoms with Crippen LogP contribution in [0.25, 0.3) is 0 Å². The van der Waals surface area contributed by atoms with Crippen LogP contribution >= 0.6 is 0 Å². The van der Waals surface area contributed by atoms with Crippen LogP contribution in [0.5, 0.6) is 0 Å². The Balaban J connectivity index is 3.66. The number of allylic oxidation sites excluding steroid dienone is 1. The van der Waals surface area contributed by atoms with Gasteiger partial charge in [0, 0.05) is 6.08 Å². The first-order valence-electron chi connectivity index (χ1n) is 2.14. The number of rotatable bonds is 1. The lowest BCUT2D eigenvalue weighted by Crippen LogP contribution is -2.16. The van der Waals surface area contributed by atoms with Gasteiger partial charge in [-0.15, -0.1) is 0 Å². The van der Waals surface area contributed by atoms with E-state index in [0.717, 1.165) is 0 Å². The summed E-state index contributed by atoms with van der Waals surface area (Å²) in [6.45, 7) is 1.68. The fourth-order valence-corrected chi connectivity index (χ4v) is 0.229. The Morgan fingerprint density at radius 3 is 2.50 bits per heavy atom. The number of hydroxylamine groups is 2. The maximum atomic E-state index is 10.3. The van der Waals surface area contributed by atoms with Crippen LogP contribution in [-0.4, -0.2) is 16.2 Å². The second kappa shape index (κ2) is 3.21. The lowest BCUT2D eigenvalue weighted by molar-refractivity contribution is -0.148. The summed E-state index contributed by atoms with van der Waals surface area (Å²) < 4.78 is 0. The van der Waals surface area contributed by atoms with Gasteiger partial charge in [-0.05, 0) is 6.92 Å². The Bertz CT molecular complexity index is 107. The number of carbonyl (C=O) groups is 1. The third-order valence-electron chi connectivity index (χ3n) is 0.564. The molecular weight excluding hydrogens is 106 g/mol. The van der Waals surface area contributed by atoms with Crippen molar-refractivity contribution in [2.24, 2.45) is 0 Å². The average molecular weight is 114 g/mol. The number of hydrogen-bond acceptors (Lipinski definition) is 2. The van der Waals surface area contributed by atoms with Gasteiger partial charge in [0.15, 0.2) is 0 Å². The third-order valence-corrected chi connectivity index (χ3v) is 0.564. The van der Waals surface area contributed by atoms with Crippen LogP contribution in [0.2, 0.25) is 0 Å². The van der Waals surface area contributed by atoms with Gasteiger partial charge in [-0.25, -0.2) is 5.06 Å². The molecule has 0 unspecified atom stereocenters. The molecular formula is C5H8NO2. The van der Waals surface area contributed by atoms with Gasteiger partial charge in [0.1, 0.15) is 0 Å². The van der Waals surface area contributed by atoms with Gasteiger partial charge in [-0.2, -0.15) is 0 Å². The normalized spacial score (nSPS) is 9.88. The van der Waals surface area contributed by atoms with Gasteiger partial charge >= 0.3 is 0 Å². The zero-order valence-electron chi connectivity index (χ0n) is 4.66.